The van der Waals surface area contributed by atoms with Crippen LogP contribution in [0.4, 0.5) is 5.82 Å². The highest BCUT2D eigenvalue weighted by Gasteiger charge is 2.12. The van der Waals surface area contributed by atoms with Crippen LogP contribution in [0.2, 0.25) is 0 Å². The molecule has 0 fully saturated rings. The number of aromatic hydroxyl groups is 1. The van der Waals surface area contributed by atoms with Crippen LogP contribution in [0.5, 0.6) is 5.75 Å². The van der Waals surface area contributed by atoms with Crippen LogP contribution in [0.25, 0.3) is 0 Å². The van der Waals surface area contributed by atoms with E-state index in [1.165, 1.54) is 30.7 Å². The molecule has 2 rings (SSSR count). The van der Waals surface area contributed by atoms with E-state index in [9.17, 15) is 9.90 Å². The van der Waals surface area contributed by atoms with Gasteiger partial charge in [0.1, 0.15) is 5.75 Å². The number of halogens is 1. The van der Waals surface area contributed by atoms with Crippen LogP contribution in [0, 0.1) is 0 Å². The quantitative estimate of drug-likeness (QED) is 0.890. The Hall–Kier alpha value is -1.95. The fraction of sp³-hybridized carbons (Fsp3) is 0. The van der Waals surface area contributed by atoms with E-state index in [-0.39, 0.29) is 11.3 Å². The van der Waals surface area contributed by atoms with E-state index in [4.69, 9.17) is 0 Å². The third-order valence-electron chi connectivity index (χ3n) is 2.01. The van der Waals surface area contributed by atoms with Crippen molar-refractivity contribution in [3.63, 3.8) is 0 Å². The predicted molar refractivity (Wildman–Crippen MR) is 65.8 cm³/mol. The molecule has 1 heterocycles. The van der Waals surface area contributed by atoms with Gasteiger partial charge in [-0.15, -0.1) is 0 Å². The highest BCUT2D eigenvalue weighted by atomic mass is 79.9. The van der Waals surface area contributed by atoms with Gasteiger partial charge in [-0.1, -0.05) is 15.9 Å². The van der Waals surface area contributed by atoms with E-state index >= 15 is 0 Å². The molecule has 17 heavy (non-hydrogen) atoms. The number of hydrogen-bond acceptors (Lipinski definition) is 4. The SMILES string of the molecule is O=C(Nc1cnccn1)c1cc(Br)ccc1O. The fourth-order valence-electron chi connectivity index (χ4n) is 1.24. The Morgan fingerprint density at radius 1 is 1.35 bits per heavy atom. The molecule has 86 valence electrons. The molecule has 0 radical (unpaired) electrons. The Kier molecular flexibility index (Phi) is 3.34. The van der Waals surface area contributed by atoms with Crippen LogP contribution >= 0.6 is 15.9 Å². The topological polar surface area (TPSA) is 75.1 Å². The number of phenolic OH excluding ortho intramolecular Hbond substituents is 1. The molecule has 0 saturated heterocycles. The second-order valence-electron chi connectivity index (χ2n) is 3.21. The largest absolute Gasteiger partial charge is 0.507 e. The summed E-state index contributed by atoms with van der Waals surface area (Å²) in [5.74, 6) is -0.198. The molecule has 1 amide bonds. The maximum atomic E-state index is 11.8. The number of benzene rings is 1. The number of nitrogens with one attached hydrogen (secondary N) is 1. The van der Waals surface area contributed by atoms with Crippen molar-refractivity contribution in [2.45, 2.75) is 0 Å². The highest BCUT2D eigenvalue weighted by molar-refractivity contribution is 9.10. The summed E-state index contributed by atoms with van der Waals surface area (Å²) in [7, 11) is 0. The Bertz CT molecular complexity index is 546. The molecule has 2 N–H and O–H groups in total. The number of phenols is 1. The normalized spacial score (nSPS) is 9.94. The molecule has 0 atom stereocenters. The summed E-state index contributed by atoms with van der Waals surface area (Å²) >= 11 is 3.23. The maximum Gasteiger partial charge on any atom is 0.260 e. The summed E-state index contributed by atoms with van der Waals surface area (Å²) in [6.45, 7) is 0. The lowest BCUT2D eigenvalue weighted by atomic mass is 10.2. The number of carbonyl (C=O) groups excluding carboxylic acids is 1. The zero-order chi connectivity index (χ0) is 12.3. The minimum atomic E-state index is -0.440. The second-order valence-corrected chi connectivity index (χ2v) is 4.12. The maximum absolute atomic E-state index is 11.8. The highest BCUT2D eigenvalue weighted by Crippen LogP contribution is 2.22. The number of nitrogens with zero attached hydrogens (tertiary/aromatic N) is 2. The van der Waals surface area contributed by atoms with E-state index in [1.54, 1.807) is 6.07 Å². The van der Waals surface area contributed by atoms with Gasteiger partial charge in [-0.3, -0.25) is 9.78 Å². The molecule has 1 aromatic carbocycles. The number of anilines is 1. The Morgan fingerprint density at radius 2 is 2.18 bits per heavy atom. The van der Waals surface area contributed by atoms with Gasteiger partial charge in [0, 0.05) is 16.9 Å². The third kappa shape index (κ3) is 2.79. The lowest BCUT2D eigenvalue weighted by Crippen LogP contribution is -2.13. The molecule has 6 heteroatoms. The predicted octanol–water partition coefficient (Wildman–Crippen LogP) is 2.20. The molecule has 0 spiro atoms. The molecule has 0 unspecified atom stereocenters. The summed E-state index contributed by atoms with van der Waals surface area (Å²) in [6.07, 6.45) is 4.40. The zero-order valence-electron chi connectivity index (χ0n) is 8.59. The first-order valence-electron chi connectivity index (χ1n) is 4.72. The lowest BCUT2D eigenvalue weighted by molar-refractivity contribution is 0.102. The summed E-state index contributed by atoms with van der Waals surface area (Å²) in [6, 6.07) is 4.62. The van der Waals surface area contributed by atoms with Crippen LogP contribution in [0.15, 0.2) is 41.3 Å². The first-order valence-corrected chi connectivity index (χ1v) is 5.52. The van der Waals surface area contributed by atoms with Crippen molar-refractivity contribution < 1.29 is 9.90 Å². The number of amides is 1. The molecule has 1 aromatic heterocycles. The van der Waals surface area contributed by atoms with Gasteiger partial charge in [-0.2, -0.15) is 0 Å². The van der Waals surface area contributed by atoms with Gasteiger partial charge >= 0.3 is 0 Å². The molecule has 0 aliphatic carbocycles. The van der Waals surface area contributed by atoms with Crippen molar-refractivity contribution in [1.82, 2.24) is 9.97 Å². The van der Waals surface area contributed by atoms with E-state index in [1.807, 2.05) is 0 Å². The van der Waals surface area contributed by atoms with Crippen LogP contribution in [-0.4, -0.2) is 21.0 Å². The van der Waals surface area contributed by atoms with Crippen molar-refractivity contribution in [2.75, 3.05) is 5.32 Å². The van der Waals surface area contributed by atoms with Gasteiger partial charge in [0.05, 0.1) is 11.8 Å². The first kappa shape index (κ1) is 11.5. The van der Waals surface area contributed by atoms with Crippen molar-refractivity contribution in [2.24, 2.45) is 0 Å². The monoisotopic (exact) mass is 293 g/mol. The van der Waals surface area contributed by atoms with E-state index in [0.717, 1.165) is 0 Å². The summed E-state index contributed by atoms with van der Waals surface area (Å²) in [4.78, 5) is 19.6. The average Bonchev–Trinajstić information content (AvgIpc) is 2.33. The zero-order valence-corrected chi connectivity index (χ0v) is 10.2. The Morgan fingerprint density at radius 3 is 2.88 bits per heavy atom. The summed E-state index contributed by atoms with van der Waals surface area (Å²) in [5.41, 5.74) is 0.171. The van der Waals surface area contributed by atoms with E-state index in [0.29, 0.717) is 10.3 Å². The van der Waals surface area contributed by atoms with Gasteiger partial charge < -0.3 is 10.4 Å². The molecule has 2 aromatic rings. The van der Waals surface area contributed by atoms with Crippen molar-refractivity contribution in [1.29, 1.82) is 0 Å². The van der Waals surface area contributed by atoms with Gasteiger partial charge in [-0.25, -0.2) is 4.98 Å². The molecule has 5 nitrogen and oxygen atoms in total. The van der Waals surface area contributed by atoms with E-state index in [2.05, 4.69) is 31.2 Å². The van der Waals surface area contributed by atoms with E-state index < -0.39 is 5.91 Å². The van der Waals surface area contributed by atoms with Crippen LogP contribution in [0.3, 0.4) is 0 Å². The molecule has 0 aliphatic rings. The number of hydrogen-bond donors (Lipinski definition) is 2. The molecule has 0 bridgehead atoms. The van der Waals surface area contributed by atoms with Crippen LogP contribution in [0.1, 0.15) is 10.4 Å². The molecular formula is C11H8BrN3O2. The minimum absolute atomic E-state index is 0.0883. The summed E-state index contributed by atoms with van der Waals surface area (Å²) in [5, 5.41) is 12.1. The number of aromatic nitrogens is 2. The van der Waals surface area contributed by atoms with Gasteiger partial charge in [0.2, 0.25) is 0 Å². The Balaban J connectivity index is 2.23. The molecular weight excluding hydrogens is 286 g/mol. The van der Waals surface area contributed by atoms with Crippen molar-refractivity contribution in [3.05, 3.63) is 46.8 Å². The van der Waals surface area contributed by atoms with Gasteiger partial charge in [-0.05, 0) is 18.2 Å². The fourth-order valence-corrected chi connectivity index (χ4v) is 1.60. The molecule has 0 aliphatic heterocycles. The molecule has 0 saturated carbocycles. The van der Waals surface area contributed by atoms with Gasteiger partial charge in [0.15, 0.2) is 5.82 Å². The van der Waals surface area contributed by atoms with Gasteiger partial charge in [0.25, 0.3) is 5.91 Å². The average molecular weight is 294 g/mol. The smallest absolute Gasteiger partial charge is 0.260 e. The van der Waals surface area contributed by atoms with Crippen LogP contribution in [-0.2, 0) is 0 Å². The number of carbonyl (C=O) groups is 1. The van der Waals surface area contributed by atoms with Crippen LogP contribution < -0.4 is 5.32 Å². The standard InChI is InChI=1S/C11H8BrN3O2/c12-7-1-2-9(16)8(5-7)11(17)15-10-6-13-3-4-14-10/h1-6,16H,(H,14,15,17). The lowest BCUT2D eigenvalue weighted by Gasteiger charge is -2.05. The first-order chi connectivity index (χ1) is 8.16. The Labute approximate surface area is 106 Å². The van der Waals surface area contributed by atoms with Crippen molar-refractivity contribution >= 4 is 27.7 Å². The summed E-state index contributed by atoms with van der Waals surface area (Å²) < 4.78 is 0.708. The third-order valence-corrected chi connectivity index (χ3v) is 2.50. The number of rotatable bonds is 2. The van der Waals surface area contributed by atoms with Crippen molar-refractivity contribution in [3.8, 4) is 5.75 Å². The second kappa shape index (κ2) is 4.92. The minimum Gasteiger partial charge on any atom is -0.507 e.